The molecule has 0 aromatic heterocycles. The first kappa shape index (κ1) is 20.9. The van der Waals surface area contributed by atoms with E-state index in [4.69, 9.17) is 16.3 Å². The first-order valence-corrected chi connectivity index (χ1v) is 9.99. The summed E-state index contributed by atoms with van der Waals surface area (Å²) in [6, 6.07) is 12.6. The maximum absolute atomic E-state index is 12.3. The number of carbonyl (C=O) groups is 2. The van der Waals surface area contributed by atoms with Crippen molar-refractivity contribution in [1.82, 2.24) is 5.32 Å². The van der Waals surface area contributed by atoms with Crippen LogP contribution in [0, 0.1) is 6.92 Å². The van der Waals surface area contributed by atoms with E-state index in [1.807, 2.05) is 37.3 Å². The summed E-state index contributed by atoms with van der Waals surface area (Å²) in [5.74, 6) is 0.111. The third kappa shape index (κ3) is 5.58. The Morgan fingerprint density at radius 3 is 2.90 bits per heavy atom. The highest BCUT2D eigenvalue weighted by molar-refractivity contribution is 8.15. The number of carbonyl (C=O) groups excluding carboxylic acids is 2. The van der Waals surface area contributed by atoms with Crippen LogP contribution in [-0.2, 0) is 9.59 Å². The van der Waals surface area contributed by atoms with E-state index in [1.165, 1.54) is 11.8 Å². The fraction of sp³-hybridized carbons (Fsp3) is 0.200. The number of ether oxygens (including phenoxy) is 1. The minimum Gasteiger partial charge on any atom is -0.496 e. The zero-order valence-electron chi connectivity index (χ0n) is 15.8. The van der Waals surface area contributed by atoms with Crippen LogP contribution in [0.15, 0.2) is 52.7 Å². The number of aryl methyl sites for hydroxylation is 1. The molecule has 1 unspecified atom stereocenters. The molecular weight excluding hydrogens is 412 g/mol. The highest BCUT2D eigenvalue weighted by Gasteiger charge is 2.32. The number of methoxy groups -OCH3 is 1. The van der Waals surface area contributed by atoms with Crippen LogP contribution < -0.4 is 15.4 Å². The molecule has 2 amide bonds. The van der Waals surface area contributed by atoms with Gasteiger partial charge < -0.3 is 15.4 Å². The van der Waals surface area contributed by atoms with Gasteiger partial charge in [0.05, 0.1) is 13.3 Å². The third-order valence-electron chi connectivity index (χ3n) is 4.09. The first-order valence-electron chi connectivity index (χ1n) is 8.74. The third-order valence-corrected chi connectivity index (χ3v) is 5.57. The number of rotatable bonds is 6. The van der Waals surface area contributed by atoms with Crippen LogP contribution in [0.5, 0.6) is 5.75 Å². The smallest absolute Gasteiger partial charge is 0.240 e. The quantitative estimate of drug-likeness (QED) is 0.541. The minimum absolute atomic E-state index is 0.0111. The van der Waals surface area contributed by atoms with E-state index in [9.17, 15) is 9.59 Å². The first-order chi connectivity index (χ1) is 14.0. The number of amides is 2. The molecule has 1 heterocycles. The average molecular weight is 431 g/mol. The average Bonchev–Trinajstić information content (AvgIpc) is 3.04. The predicted octanol–water partition coefficient (Wildman–Crippen LogP) is 3.61. The molecule has 3 rings (SSSR count). The van der Waals surface area contributed by atoms with E-state index < -0.39 is 5.25 Å². The van der Waals surface area contributed by atoms with Crippen LogP contribution in [0.3, 0.4) is 0 Å². The number of thioether (sulfide) groups is 1. The Morgan fingerprint density at radius 1 is 1.34 bits per heavy atom. The normalized spacial score (nSPS) is 17.6. The number of nitrogens with one attached hydrogen (secondary N) is 2. The van der Waals surface area contributed by atoms with Crippen molar-refractivity contribution in [2.24, 2.45) is 10.2 Å². The fourth-order valence-electron chi connectivity index (χ4n) is 2.55. The van der Waals surface area contributed by atoms with Gasteiger partial charge in [-0.2, -0.15) is 5.10 Å². The Balaban J connectivity index is 1.58. The molecule has 0 saturated carbocycles. The standard InChI is InChI=1S/C20H19ClN4O3S/c1-12-7-8-14(9-15(12)21)23-18(26)10-17-19(27)24-20(29-17)25-22-11-13-5-3-4-6-16(13)28-2/h3-9,11,17H,10H2,1-2H3,(H,23,26)(H,24,25,27). The van der Waals surface area contributed by atoms with Gasteiger partial charge in [-0.15, -0.1) is 5.10 Å². The zero-order valence-corrected chi connectivity index (χ0v) is 17.4. The molecule has 9 heteroatoms. The van der Waals surface area contributed by atoms with E-state index in [1.54, 1.807) is 25.5 Å². The minimum atomic E-state index is -0.573. The van der Waals surface area contributed by atoms with Crippen molar-refractivity contribution in [3.05, 3.63) is 58.6 Å². The van der Waals surface area contributed by atoms with E-state index in [0.29, 0.717) is 21.6 Å². The molecule has 1 saturated heterocycles. The van der Waals surface area contributed by atoms with Crippen LogP contribution in [0.4, 0.5) is 5.69 Å². The highest BCUT2D eigenvalue weighted by atomic mass is 35.5. The lowest BCUT2D eigenvalue weighted by molar-refractivity contribution is -0.122. The SMILES string of the molecule is COc1ccccc1C=N/N=C1\NC(=O)C(CC(=O)Nc2ccc(C)c(Cl)c2)S1. The predicted molar refractivity (Wildman–Crippen MR) is 117 cm³/mol. The van der Waals surface area contributed by atoms with Gasteiger partial charge in [0.1, 0.15) is 11.0 Å². The van der Waals surface area contributed by atoms with Crippen molar-refractivity contribution in [3.63, 3.8) is 0 Å². The number of anilines is 1. The van der Waals surface area contributed by atoms with Gasteiger partial charge in [0.2, 0.25) is 11.8 Å². The molecule has 1 fully saturated rings. The number of amidine groups is 1. The van der Waals surface area contributed by atoms with E-state index >= 15 is 0 Å². The van der Waals surface area contributed by atoms with Crippen LogP contribution >= 0.6 is 23.4 Å². The van der Waals surface area contributed by atoms with Crippen molar-refractivity contribution in [2.45, 2.75) is 18.6 Å². The number of para-hydroxylation sites is 1. The van der Waals surface area contributed by atoms with Crippen molar-refractivity contribution < 1.29 is 14.3 Å². The van der Waals surface area contributed by atoms with Gasteiger partial charge >= 0.3 is 0 Å². The van der Waals surface area contributed by atoms with Crippen LogP contribution in [0.2, 0.25) is 5.02 Å². The Hall–Kier alpha value is -2.84. The monoisotopic (exact) mass is 430 g/mol. The zero-order chi connectivity index (χ0) is 20.8. The molecule has 0 spiro atoms. The number of benzene rings is 2. The molecule has 2 aromatic rings. The number of hydrogen-bond acceptors (Lipinski definition) is 6. The molecule has 1 atom stereocenters. The lowest BCUT2D eigenvalue weighted by Gasteiger charge is -2.08. The number of hydrogen-bond donors (Lipinski definition) is 2. The van der Waals surface area contributed by atoms with Crippen LogP contribution in [0.25, 0.3) is 0 Å². The summed E-state index contributed by atoms with van der Waals surface area (Å²) in [4.78, 5) is 24.4. The molecule has 1 aliphatic rings. The lowest BCUT2D eigenvalue weighted by Crippen LogP contribution is -2.28. The molecule has 2 N–H and O–H groups in total. The Kier molecular flexibility index (Phi) is 6.90. The molecular formula is C20H19ClN4O3S. The maximum Gasteiger partial charge on any atom is 0.240 e. The highest BCUT2D eigenvalue weighted by Crippen LogP contribution is 2.24. The summed E-state index contributed by atoms with van der Waals surface area (Å²) >= 11 is 7.23. The Morgan fingerprint density at radius 2 is 2.14 bits per heavy atom. The van der Waals surface area contributed by atoms with Crippen LogP contribution in [-0.4, -0.2) is 35.6 Å². The molecule has 150 valence electrons. The second-order valence-corrected chi connectivity index (χ2v) is 7.80. The van der Waals surface area contributed by atoms with Crippen molar-refractivity contribution in [1.29, 1.82) is 0 Å². The molecule has 0 aliphatic carbocycles. The summed E-state index contributed by atoms with van der Waals surface area (Å²) in [5, 5.41) is 13.7. The number of halogens is 1. The molecule has 0 bridgehead atoms. The van der Waals surface area contributed by atoms with Gasteiger partial charge in [0.15, 0.2) is 5.17 Å². The van der Waals surface area contributed by atoms with E-state index in [0.717, 1.165) is 11.1 Å². The van der Waals surface area contributed by atoms with Crippen molar-refractivity contribution in [2.75, 3.05) is 12.4 Å². The maximum atomic E-state index is 12.3. The summed E-state index contributed by atoms with van der Waals surface area (Å²) in [7, 11) is 1.58. The molecule has 2 aromatic carbocycles. The second-order valence-electron chi connectivity index (χ2n) is 6.20. The van der Waals surface area contributed by atoms with Crippen LogP contribution in [0.1, 0.15) is 17.5 Å². The van der Waals surface area contributed by atoms with Crippen molar-refractivity contribution in [3.8, 4) is 5.75 Å². The topological polar surface area (TPSA) is 92.2 Å². The van der Waals surface area contributed by atoms with Gasteiger partial charge in [-0.25, -0.2) is 0 Å². The molecule has 0 radical (unpaired) electrons. The van der Waals surface area contributed by atoms with Gasteiger partial charge in [-0.1, -0.05) is 41.6 Å². The molecule has 29 heavy (non-hydrogen) atoms. The van der Waals surface area contributed by atoms with E-state index in [2.05, 4.69) is 20.8 Å². The summed E-state index contributed by atoms with van der Waals surface area (Å²) < 4.78 is 5.24. The molecule has 7 nitrogen and oxygen atoms in total. The summed E-state index contributed by atoms with van der Waals surface area (Å²) in [6.45, 7) is 1.88. The van der Waals surface area contributed by atoms with Gasteiger partial charge in [0, 0.05) is 22.7 Å². The Labute approximate surface area is 177 Å². The second kappa shape index (κ2) is 9.58. The largest absolute Gasteiger partial charge is 0.496 e. The van der Waals surface area contributed by atoms with Gasteiger partial charge in [-0.3, -0.25) is 9.59 Å². The number of nitrogens with zero attached hydrogens (tertiary/aromatic N) is 2. The summed E-state index contributed by atoms with van der Waals surface area (Å²) in [6.07, 6.45) is 1.55. The summed E-state index contributed by atoms with van der Waals surface area (Å²) in [5.41, 5.74) is 2.27. The van der Waals surface area contributed by atoms with Crippen molar-refractivity contribution >= 4 is 52.2 Å². The van der Waals surface area contributed by atoms with Gasteiger partial charge in [-0.05, 0) is 36.8 Å². The van der Waals surface area contributed by atoms with Gasteiger partial charge in [0.25, 0.3) is 0 Å². The van der Waals surface area contributed by atoms with E-state index in [-0.39, 0.29) is 18.2 Å². The Bertz CT molecular complexity index is 993. The molecule has 1 aliphatic heterocycles. The fourth-order valence-corrected chi connectivity index (χ4v) is 3.66. The lowest BCUT2D eigenvalue weighted by atomic mass is 10.2.